The highest BCUT2D eigenvalue weighted by molar-refractivity contribution is 9.10. The van der Waals surface area contributed by atoms with Gasteiger partial charge in [-0.3, -0.25) is 0 Å². The van der Waals surface area contributed by atoms with Crippen LogP contribution < -0.4 is 15.4 Å². The zero-order valence-corrected chi connectivity index (χ0v) is 12.4. The van der Waals surface area contributed by atoms with Gasteiger partial charge in [0.05, 0.1) is 6.61 Å². The van der Waals surface area contributed by atoms with Gasteiger partial charge in [0.2, 0.25) is 0 Å². The van der Waals surface area contributed by atoms with Crippen LogP contribution in [0.1, 0.15) is 24.0 Å². The van der Waals surface area contributed by atoms with Crippen molar-refractivity contribution >= 4 is 33.3 Å². The van der Waals surface area contributed by atoms with E-state index in [2.05, 4.69) is 38.7 Å². The number of nitrogens with one attached hydrogen (secondary N) is 2. The van der Waals surface area contributed by atoms with Gasteiger partial charge in [0, 0.05) is 29.0 Å². The number of hydrogen-bond acceptors (Lipinski definition) is 2. The van der Waals surface area contributed by atoms with Crippen molar-refractivity contribution in [2.75, 3.05) is 6.61 Å². The molecule has 3 nitrogen and oxygen atoms in total. The molecule has 0 unspecified atom stereocenters. The predicted octanol–water partition coefficient (Wildman–Crippen LogP) is 2.51. The topological polar surface area (TPSA) is 33.3 Å². The number of ether oxygens (including phenoxy) is 1. The summed E-state index contributed by atoms with van der Waals surface area (Å²) in [7, 11) is 0. The average Bonchev–Trinajstić information content (AvgIpc) is 3.01. The summed E-state index contributed by atoms with van der Waals surface area (Å²) in [6, 6.07) is 4.82. The molecule has 2 N–H and O–H groups in total. The Hall–Kier alpha value is -0.810. The van der Waals surface area contributed by atoms with Crippen LogP contribution >= 0.6 is 28.1 Å². The Balaban J connectivity index is 1.66. The van der Waals surface area contributed by atoms with Crippen molar-refractivity contribution in [2.24, 2.45) is 0 Å². The van der Waals surface area contributed by atoms with Gasteiger partial charge in [-0.15, -0.1) is 0 Å². The van der Waals surface area contributed by atoms with Crippen molar-refractivity contribution in [1.29, 1.82) is 0 Å². The molecule has 1 aliphatic heterocycles. The van der Waals surface area contributed by atoms with E-state index in [-0.39, 0.29) is 0 Å². The summed E-state index contributed by atoms with van der Waals surface area (Å²) in [5, 5.41) is 7.26. The van der Waals surface area contributed by atoms with Gasteiger partial charge < -0.3 is 15.4 Å². The predicted molar refractivity (Wildman–Crippen MR) is 78.9 cm³/mol. The molecule has 1 fully saturated rings. The van der Waals surface area contributed by atoms with Crippen LogP contribution in [0.15, 0.2) is 16.6 Å². The Morgan fingerprint density at radius 1 is 1.44 bits per heavy atom. The van der Waals surface area contributed by atoms with Crippen molar-refractivity contribution in [2.45, 2.75) is 31.8 Å². The van der Waals surface area contributed by atoms with Gasteiger partial charge in [0.1, 0.15) is 5.75 Å². The van der Waals surface area contributed by atoms with E-state index in [0.717, 1.165) is 33.9 Å². The van der Waals surface area contributed by atoms with E-state index in [1.165, 1.54) is 18.4 Å². The van der Waals surface area contributed by atoms with Crippen LogP contribution in [0.2, 0.25) is 0 Å². The molecule has 0 radical (unpaired) electrons. The minimum atomic E-state index is 0.592. The standard InChI is InChI=1S/C13H15BrN2OS/c14-10-5-8-3-4-17-12(8)9(6-10)7-15-13(18)16-11-1-2-11/h5-6,11H,1-4,7H2,(H2,15,16,18). The average molecular weight is 327 g/mol. The quantitative estimate of drug-likeness (QED) is 0.836. The van der Waals surface area contributed by atoms with Crippen molar-refractivity contribution in [3.05, 3.63) is 27.7 Å². The number of hydrogen-bond donors (Lipinski definition) is 2. The maximum absolute atomic E-state index is 5.69. The van der Waals surface area contributed by atoms with Crippen molar-refractivity contribution < 1.29 is 4.74 Å². The summed E-state index contributed by atoms with van der Waals surface area (Å²) in [4.78, 5) is 0. The fourth-order valence-corrected chi connectivity index (χ4v) is 2.91. The molecule has 18 heavy (non-hydrogen) atoms. The Morgan fingerprint density at radius 3 is 3.06 bits per heavy atom. The van der Waals surface area contributed by atoms with E-state index in [9.17, 15) is 0 Å². The molecule has 5 heteroatoms. The molecule has 0 spiro atoms. The molecule has 0 atom stereocenters. The number of fused-ring (bicyclic) bond motifs is 1. The number of rotatable bonds is 3. The van der Waals surface area contributed by atoms with Gasteiger partial charge >= 0.3 is 0 Å². The highest BCUT2D eigenvalue weighted by Crippen LogP contribution is 2.32. The second-order valence-corrected chi connectivity index (χ2v) is 6.08. The highest BCUT2D eigenvalue weighted by Gasteiger charge is 2.22. The van der Waals surface area contributed by atoms with Crippen LogP contribution in [0, 0.1) is 0 Å². The Bertz CT molecular complexity index is 488. The molecule has 2 aliphatic rings. The van der Waals surface area contributed by atoms with Gasteiger partial charge in [0.15, 0.2) is 5.11 Å². The van der Waals surface area contributed by atoms with Crippen LogP contribution in [-0.4, -0.2) is 17.8 Å². The van der Waals surface area contributed by atoms with Crippen LogP contribution in [0.25, 0.3) is 0 Å². The maximum Gasteiger partial charge on any atom is 0.166 e. The molecular formula is C13H15BrN2OS. The first kappa shape index (κ1) is 12.2. The molecule has 0 amide bonds. The first-order valence-electron chi connectivity index (χ1n) is 6.21. The molecule has 96 valence electrons. The summed E-state index contributed by atoms with van der Waals surface area (Å²) < 4.78 is 6.79. The number of halogens is 1. The lowest BCUT2D eigenvalue weighted by Crippen LogP contribution is -2.36. The molecule has 1 aromatic rings. The molecule has 1 aliphatic carbocycles. The molecule has 1 heterocycles. The molecule has 1 aromatic carbocycles. The van der Waals surface area contributed by atoms with E-state index in [1.807, 2.05) is 0 Å². The molecule has 0 aromatic heterocycles. The summed E-state index contributed by atoms with van der Waals surface area (Å²) in [6.45, 7) is 1.49. The van der Waals surface area contributed by atoms with Gasteiger partial charge in [-0.05, 0) is 42.8 Å². The van der Waals surface area contributed by atoms with E-state index in [4.69, 9.17) is 17.0 Å². The lowest BCUT2D eigenvalue weighted by Gasteiger charge is -2.12. The molecule has 0 bridgehead atoms. The fraction of sp³-hybridized carbons (Fsp3) is 0.462. The van der Waals surface area contributed by atoms with Gasteiger partial charge in [-0.1, -0.05) is 15.9 Å². The lowest BCUT2D eigenvalue weighted by atomic mass is 10.1. The number of thiocarbonyl (C=S) groups is 1. The number of benzene rings is 1. The van der Waals surface area contributed by atoms with Gasteiger partial charge in [-0.25, -0.2) is 0 Å². The lowest BCUT2D eigenvalue weighted by molar-refractivity contribution is 0.353. The normalized spacial score (nSPS) is 16.9. The third-order valence-electron chi connectivity index (χ3n) is 3.18. The smallest absolute Gasteiger partial charge is 0.166 e. The van der Waals surface area contributed by atoms with Crippen LogP contribution in [-0.2, 0) is 13.0 Å². The first-order valence-corrected chi connectivity index (χ1v) is 7.41. The Morgan fingerprint density at radius 2 is 2.28 bits per heavy atom. The SMILES string of the molecule is S=C(NCc1cc(Br)cc2c1OCC2)NC1CC1. The largest absolute Gasteiger partial charge is 0.493 e. The van der Waals surface area contributed by atoms with Crippen molar-refractivity contribution in [1.82, 2.24) is 10.6 Å². The van der Waals surface area contributed by atoms with Gasteiger partial charge in [0.25, 0.3) is 0 Å². The highest BCUT2D eigenvalue weighted by atomic mass is 79.9. The molecule has 3 rings (SSSR count). The van der Waals surface area contributed by atoms with Crippen LogP contribution in [0.4, 0.5) is 0 Å². The summed E-state index contributed by atoms with van der Waals surface area (Å²) in [5.41, 5.74) is 2.44. The molecule has 0 saturated heterocycles. The summed E-state index contributed by atoms with van der Waals surface area (Å²) in [6.07, 6.45) is 3.46. The van der Waals surface area contributed by atoms with Crippen molar-refractivity contribution in [3.8, 4) is 5.75 Å². The summed E-state index contributed by atoms with van der Waals surface area (Å²) >= 11 is 8.80. The first-order chi connectivity index (χ1) is 8.72. The van der Waals surface area contributed by atoms with E-state index in [1.54, 1.807) is 0 Å². The van der Waals surface area contributed by atoms with E-state index >= 15 is 0 Å². The van der Waals surface area contributed by atoms with Crippen LogP contribution in [0.5, 0.6) is 5.75 Å². The molecule has 1 saturated carbocycles. The summed E-state index contributed by atoms with van der Waals surface area (Å²) in [5.74, 6) is 1.03. The zero-order valence-electron chi connectivity index (χ0n) is 9.96. The minimum absolute atomic E-state index is 0.592. The zero-order chi connectivity index (χ0) is 12.5. The van der Waals surface area contributed by atoms with E-state index in [0.29, 0.717) is 12.6 Å². The Kier molecular flexibility index (Phi) is 3.43. The second kappa shape index (κ2) is 5.05. The Labute approximate surface area is 120 Å². The van der Waals surface area contributed by atoms with Crippen molar-refractivity contribution in [3.63, 3.8) is 0 Å². The maximum atomic E-state index is 5.69. The fourth-order valence-electron chi connectivity index (χ4n) is 2.12. The third-order valence-corrected chi connectivity index (χ3v) is 3.90. The molecular weight excluding hydrogens is 312 g/mol. The minimum Gasteiger partial charge on any atom is -0.493 e. The monoisotopic (exact) mass is 326 g/mol. The van der Waals surface area contributed by atoms with Gasteiger partial charge in [-0.2, -0.15) is 0 Å². The second-order valence-electron chi connectivity index (χ2n) is 4.75. The third kappa shape index (κ3) is 2.78. The van der Waals surface area contributed by atoms with E-state index < -0.39 is 0 Å². The van der Waals surface area contributed by atoms with Crippen LogP contribution in [0.3, 0.4) is 0 Å².